The standard InChI is InChI=1S/C27H41N3O3/c1-19(2)13-15-29(16-14-20(3)4)25(31)18-30-24-17-22(33-5)11-12-23(24)26(28-30)27(32)21-9-7-6-8-10-21/h11-12,17,19-21H,6-10,13-16,18H2,1-5H3. The minimum atomic E-state index is 0.0386. The number of hydrogen-bond donors (Lipinski definition) is 0. The normalized spacial score (nSPS) is 14.9. The zero-order chi connectivity index (χ0) is 24.0. The Labute approximate surface area is 198 Å². The van der Waals surface area contributed by atoms with Gasteiger partial charge in [0.15, 0.2) is 5.78 Å². The van der Waals surface area contributed by atoms with Crippen molar-refractivity contribution in [3.63, 3.8) is 0 Å². The van der Waals surface area contributed by atoms with Gasteiger partial charge in [-0.25, -0.2) is 0 Å². The van der Waals surface area contributed by atoms with E-state index in [1.54, 1.807) is 11.8 Å². The molecule has 2 aromatic rings. The number of benzene rings is 1. The number of amides is 1. The van der Waals surface area contributed by atoms with E-state index in [1.807, 2.05) is 23.1 Å². The minimum Gasteiger partial charge on any atom is -0.497 e. The van der Waals surface area contributed by atoms with E-state index in [-0.39, 0.29) is 24.2 Å². The molecule has 6 nitrogen and oxygen atoms in total. The van der Waals surface area contributed by atoms with Crippen LogP contribution in [0.2, 0.25) is 0 Å². The summed E-state index contributed by atoms with van der Waals surface area (Å²) in [4.78, 5) is 28.7. The molecule has 1 aromatic carbocycles. The van der Waals surface area contributed by atoms with Gasteiger partial charge in [-0.1, -0.05) is 47.0 Å². The van der Waals surface area contributed by atoms with Crippen molar-refractivity contribution in [2.45, 2.75) is 79.2 Å². The average Bonchev–Trinajstić information content (AvgIpc) is 3.16. The summed E-state index contributed by atoms with van der Waals surface area (Å²) in [5.74, 6) is 1.98. The molecule has 3 rings (SSSR count). The van der Waals surface area contributed by atoms with Gasteiger partial charge in [-0.3, -0.25) is 14.3 Å². The summed E-state index contributed by atoms with van der Waals surface area (Å²) in [5.41, 5.74) is 1.29. The molecular weight excluding hydrogens is 414 g/mol. The molecule has 1 aliphatic carbocycles. The third kappa shape index (κ3) is 6.58. The molecule has 1 heterocycles. The molecule has 33 heavy (non-hydrogen) atoms. The number of carbonyl (C=O) groups is 2. The van der Waals surface area contributed by atoms with E-state index < -0.39 is 0 Å². The molecule has 0 radical (unpaired) electrons. The molecule has 6 heteroatoms. The second-order valence-corrected chi connectivity index (χ2v) is 10.3. The molecule has 0 aliphatic heterocycles. The number of aromatic nitrogens is 2. The summed E-state index contributed by atoms with van der Waals surface area (Å²) in [5, 5.41) is 5.53. The Bertz CT molecular complexity index is 929. The van der Waals surface area contributed by atoms with Crippen LogP contribution in [0.15, 0.2) is 18.2 Å². The Hall–Kier alpha value is -2.37. The number of ketones is 1. The van der Waals surface area contributed by atoms with Crippen LogP contribution in [0.4, 0.5) is 0 Å². The van der Waals surface area contributed by atoms with Crippen LogP contribution in [0.5, 0.6) is 5.75 Å². The summed E-state index contributed by atoms with van der Waals surface area (Å²) in [6, 6.07) is 5.67. The van der Waals surface area contributed by atoms with Crippen LogP contribution in [0.3, 0.4) is 0 Å². The molecule has 0 saturated heterocycles. The Morgan fingerprint density at radius 3 is 2.27 bits per heavy atom. The van der Waals surface area contributed by atoms with E-state index >= 15 is 0 Å². The number of ether oxygens (including phenoxy) is 1. The summed E-state index contributed by atoms with van der Waals surface area (Å²) in [6.07, 6.45) is 7.21. The molecule has 1 aromatic heterocycles. The topological polar surface area (TPSA) is 64.4 Å². The van der Waals surface area contributed by atoms with Gasteiger partial charge in [0, 0.05) is 30.5 Å². The smallest absolute Gasteiger partial charge is 0.244 e. The van der Waals surface area contributed by atoms with Gasteiger partial charge in [-0.15, -0.1) is 0 Å². The zero-order valence-corrected chi connectivity index (χ0v) is 21.1. The van der Waals surface area contributed by atoms with Gasteiger partial charge >= 0.3 is 0 Å². The van der Waals surface area contributed by atoms with Gasteiger partial charge in [0.1, 0.15) is 18.0 Å². The first-order valence-electron chi connectivity index (χ1n) is 12.7. The first kappa shape index (κ1) is 25.3. The van der Waals surface area contributed by atoms with Crippen molar-refractivity contribution in [3.8, 4) is 5.75 Å². The third-order valence-electron chi connectivity index (χ3n) is 6.76. The summed E-state index contributed by atoms with van der Waals surface area (Å²) >= 11 is 0. The molecule has 1 aliphatic rings. The molecule has 1 saturated carbocycles. The van der Waals surface area contributed by atoms with E-state index in [9.17, 15) is 9.59 Å². The van der Waals surface area contributed by atoms with Crippen LogP contribution in [0.25, 0.3) is 10.9 Å². The largest absolute Gasteiger partial charge is 0.497 e. The average molecular weight is 456 g/mol. The molecule has 182 valence electrons. The molecule has 0 bridgehead atoms. The lowest BCUT2D eigenvalue weighted by Gasteiger charge is -2.24. The molecule has 0 spiro atoms. The minimum absolute atomic E-state index is 0.0386. The Balaban J connectivity index is 1.89. The highest BCUT2D eigenvalue weighted by Gasteiger charge is 2.28. The first-order valence-corrected chi connectivity index (χ1v) is 12.7. The van der Waals surface area contributed by atoms with Crippen molar-refractivity contribution in [1.82, 2.24) is 14.7 Å². The highest BCUT2D eigenvalue weighted by atomic mass is 16.5. The lowest BCUT2D eigenvalue weighted by atomic mass is 9.85. The van der Waals surface area contributed by atoms with Gasteiger partial charge < -0.3 is 9.64 Å². The zero-order valence-electron chi connectivity index (χ0n) is 21.1. The second-order valence-electron chi connectivity index (χ2n) is 10.3. The van der Waals surface area contributed by atoms with Crippen molar-refractivity contribution in [3.05, 3.63) is 23.9 Å². The lowest BCUT2D eigenvalue weighted by Crippen LogP contribution is -2.36. The van der Waals surface area contributed by atoms with Crippen molar-refractivity contribution in [2.75, 3.05) is 20.2 Å². The van der Waals surface area contributed by atoms with Crippen molar-refractivity contribution in [1.29, 1.82) is 0 Å². The van der Waals surface area contributed by atoms with Crippen LogP contribution < -0.4 is 4.74 Å². The van der Waals surface area contributed by atoms with Crippen molar-refractivity contribution < 1.29 is 14.3 Å². The Morgan fingerprint density at radius 2 is 1.70 bits per heavy atom. The van der Waals surface area contributed by atoms with Gasteiger partial charge in [0.2, 0.25) is 5.91 Å². The van der Waals surface area contributed by atoms with Crippen molar-refractivity contribution in [2.24, 2.45) is 17.8 Å². The van der Waals surface area contributed by atoms with E-state index in [1.165, 1.54) is 6.42 Å². The number of rotatable bonds is 11. The Morgan fingerprint density at radius 1 is 1.06 bits per heavy atom. The van der Waals surface area contributed by atoms with Crippen LogP contribution in [0.1, 0.15) is 83.1 Å². The maximum Gasteiger partial charge on any atom is 0.244 e. The lowest BCUT2D eigenvalue weighted by molar-refractivity contribution is -0.132. The van der Waals surface area contributed by atoms with E-state index in [2.05, 4.69) is 27.7 Å². The summed E-state index contributed by atoms with van der Waals surface area (Å²) < 4.78 is 7.14. The van der Waals surface area contributed by atoms with Crippen molar-refractivity contribution >= 4 is 22.6 Å². The highest BCUT2D eigenvalue weighted by molar-refractivity contribution is 6.07. The molecular formula is C27H41N3O3. The number of carbonyl (C=O) groups excluding carboxylic acids is 2. The molecule has 1 fully saturated rings. The Kier molecular flexibility index (Phi) is 8.93. The van der Waals surface area contributed by atoms with E-state index in [0.717, 1.165) is 62.5 Å². The van der Waals surface area contributed by atoms with Crippen LogP contribution in [0, 0.1) is 17.8 Å². The summed E-state index contributed by atoms with van der Waals surface area (Å²) in [7, 11) is 1.63. The van der Waals surface area contributed by atoms with Crippen LogP contribution in [-0.2, 0) is 11.3 Å². The molecule has 0 atom stereocenters. The van der Waals surface area contributed by atoms with Crippen LogP contribution in [-0.4, -0.2) is 46.6 Å². The SMILES string of the molecule is COc1ccc2c(C(=O)C3CCCCC3)nn(CC(=O)N(CCC(C)C)CCC(C)C)c2c1. The predicted molar refractivity (Wildman–Crippen MR) is 133 cm³/mol. The highest BCUT2D eigenvalue weighted by Crippen LogP contribution is 2.31. The number of hydrogen-bond acceptors (Lipinski definition) is 4. The molecule has 0 N–H and O–H groups in total. The number of fused-ring (bicyclic) bond motifs is 1. The number of nitrogens with zero attached hydrogens (tertiary/aromatic N) is 3. The fourth-order valence-corrected chi connectivity index (χ4v) is 4.56. The predicted octanol–water partition coefficient (Wildman–Crippen LogP) is 5.73. The van der Waals surface area contributed by atoms with Crippen LogP contribution >= 0.6 is 0 Å². The maximum absolute atomic E-state index is 13.4. The van der Waals surface area contributed by atoms with E-state index in [4.69, 9.17) is 9.84 Å². The van der Waals surface area contributed by atoms with Gasteiger partial charge in [-0.05, 0) is 49.7 Å². The van der Waals surface area contributed by atoms with Gasteiger partial charge in [0.25, 0.3) is 0 Å². The van der Waals surface area contributed by atoms with Gasteiger partial charge in [-0.2, -0.15) is 5.10 Å². The quantitative estimate of drug-likeness (QED) is 0.406. The third-order valence-corrected chi connectivity index (χ3v) is 6.76. The first-order chi connectivity index (χ1) is 15.8. The summed E-state index contributed by atoms with van der Waals surface area (Å²) in [6.45, 7) is 10.4. The van der Waals surface area contributed by atoms with E-state index in [0.29, 0.717) is 23.3 Å². The molecule has 1 amide bonds. The second kappa shape index (κ2) is 11.7. The van der Waals surface area contributed by atoms with Gasteiger partial charge in [0.05, 0.1) is 12.6 Å². The molecule has 0 unspecified atom stereocenters. The fourth-order valence-electron chi connectivity index (χ4n) is 4.56. The fraction of sp³-hybridized carbons (Fsp3) is 0.667. The monoisotopic (exact) mass is 455 g/mol. The maximum atomic E-state index is 13.4. The number of methoxy groups -OCH3 is 1. The number of Topliss-reactive ketones (excluding diaryl/α,β-unsaturated/α-hetero) is 1.